The molecule has 0 aliphatic heterocycles. The number of hydrogen-bond donors (Lipinski definition) is 2. The van der Waals surface area contributed by atoms with Gasteiger partial charge in [-0.25, -0.2) is 4.79 Å². The van der Waals surface area contributed by atoms with Crippen molar-refractivity contribution in [3.8, 4) is 17.6 Å². The third-order valence-electron chi connectivity index (χ3n) is 2.79. The number of rotatable bonds is 3. The summed E-state index contributed by atoms with van der Waals surface area (Å²) in [6.07, 6.45) is 2.98. The maximum atomic E-state index is 10.6. The molecule has 0 radical (unpaired) electrons. The molecule has 112 valence electrons. The fraction of sp³-hybridized carbons (Fsp3) is 0.125. The van der Waals surface area contributed by atoms with Gasteiger partial charge < -0.3 is 9.84 Å². The summed E-state index contributed by atoms with van der Waals surface area (Å²) in [6.45, 7) is 1.40. The van der Waals surface area contributed by atoms with Crippen molar-refractivity contribution in [1.29, 1.82) is 0 Å². The lowest BCUT2D eigenvalue weighted by atomic mass is 10.1. The second-order valence-electron chi connectivity index (χ2n) is 4.49. The molecule has 1 heterocycles. The number of aliphatic carboxylic acids is 1. The summed E-state index contributed by atoms with van der Waals surface area (Å²) < 4.78 is 6.09. The predicted octanol–water partition coefficient (Wildman–Crippen LogP) is 2.04. The maximum absolute atomic E-state index is 10.6. The fourth-order valence-electron chi connectivity index (χ4n) is 1.69. The number of aromatic nitrogens is 1. The number of halogens is 1. The van der Waals surface area contributed by atoms with Crippen molar-refractivity contribution in [3.05, 3.63) is 58.4 Å². The van der Waals surface area contributed by atoms with Gasteiger partial charge in [-0.15, -0.1) is 0 Å². The van der Waals surface area contributed by atoms with Crippen LogP contribution in [-0.2, 0) is 4.79 Å². The van der Waals surface area contributed by atoms with Crippen molar-refractivity contribution in [2.75, 3.05) is 6.61 Å². The summed E-state index contributed by atoms with van der Waals surface area (Å²) in [7, 11) is 0. The zero-order valence-electron chi connectivity index (χ0n) is 11.7. The van der Waals surface area contributed by atoms with E-state index in [2.05, 4.69) is 11.8 Å². The number of hydrogen-bond acceptors (Lipinski definition) is 3. The zero-order chi connectivity index (χ0) is 16.1. The van der Waals surface area contributed by atoms with E-state index in [0.717, 1.165) is 10.3 Å². The summed E-state index contributed by atoms with van der Waals surface area (Å²) in [4.78, 5) is 10.6. The third kappa shape index (κ3) is 4.14. The van der Waals surface area contributed by atoms with Gasteiger partial charge in [0, 0.05) is 15.8 Å². The molecule has 0 spiro atoms. The molecule has 5 nitrogen and oxygen atoms in total. The van der Waals surface area contributed by atoms with E-state index in [1.165, 1.54) is 12.4 Å². The number of pyridine rings is 1. The highest BCUT2D eigenvalue weighted by molar-refractivity contribution is 6.30. The molecule has 2 rings (SSSR count). The number of aryl methyl sites for hydroxylation is 1. The van der Waals surface area contributed by atoms with Crippen LogP contribution in [0.5, 0.6) is 5.75 Å². The van der Waals surface area contributed by atoms with E-state index in [-0.39, 0.29) is 0 Å². The first kappa shape index (κ1) is 15.7. The molecule has 22 heavy (non-hydrogen) atoms. The molecule has 0 fully saturated rings. The van der Waals surface area contributed by atoms with E-state index in [0.29, 0.717) is 21.9 Å². The summed E-state index contributed by atoms with van der Waals surface area (Å²) >= 11 is 5.93. The van der Waals surface area contributed by atoms with E-state index in [1.807, 2.05) is 6.92 Å². The van der Waals surface area contributed by atoms with Crippen LogP contribution in [0.25, 0.3) is 0 Å². The highest BCUT2D eigenvalue weighted by Gasteiger charge is 2.06. The van der Waals surface area contributed by atoms with Crippen LogP contribution in [0.1, 0.15) is 16.7 Å². The highest BCUT2D eigenvalue weighted by atomic mass is 35.5. The number of carboxylic acids is 1. The lowest BCUT2D eigenvalue weighted by molar-refractivity contribution is -0.905. The first-order valence-electron chi connectivity index (χ1n) is 6.33. The minimum Gasteiger partial charge on any atom is -0.481 e. The van der Waals surface area contributed by atoms with Crippen LogP contribution < -0.4 is 9.47 Å². The van der Waals surface area contributed by atoms with Crippen molar-refractivity contribution in [2.45, 2.75) is 6.92 Å². The van der Waals surface area contributed by atoms with Crippen LogP contribution >= 0.6 is 11.6 Å². The predicted molar refractivity (Wildman–Crippen MR) is 79.1 cm³/mol. The van der Waals surface area contributed by atoms with Crippen LogP contribution in [0.3, 0.4) is 0 Å². The number of ether oxygens (including phenoxy) is 1. The monoisotopic (exact) mass is 318 g/mol. The molecule has 0 aliphatic rings. The van der Waals surface area contributed by atoms with E-state index in [9.17, 15) is 10.0 Å². The van der Waals surface area contributed by atoms with Gasteiger partial charge in [0.25, 0.3) is 0 Å². The molecule has 2 N–H and O–H groups in total. The van der Waals surface area contributed by atoms with E-state index >= 15 is 0 Å². The van der Waals surface area contributed by atoms with Crippen molar-refractivity contribution >= 4 is 17.6 Å². The smallest absolute Gasteiger partial charge is 0.341 e. The Balaban J connectivity index is 2.36. The second-order valence-corrected chi connectivity index (χ2v) is 4.93. The van der Waals surface area contributed by atoms with E-state index < -0.39 is 12.6 Å². The summed E-state index contributed by atoms with van der Waals surface area (Å²) in [5.74, 6) is 5.06. The van der Waals surface area contributed by atoms with Gasteiger partial charge in [-0.1, -0.05) is 23.4 Å². The Morgan fingerprint density at radius 1 is 1.32 bits per heavy atom. The summed E-state index contributed by atoms with van der Waals surface area (Å²) in [5.41, 5.74) is 2.00. The molecule has 0 amide bonds. The molecule has 1 aromatic carbocycles. The average Bonchev–Trinajstić information content (AvgIpc) is 2.47. The van der Waals surface area contributed by atoms with Crippen molar-refractivity contribution < 1.29 is 24.6 Å². The molecular weight excluding hydrogens is 306 g/mol. The first-order chi connectivity index (χ1) is 10.5. The van der Waals surface area contributed by atoms with Gasteiger partial charge in [0.05, 0.1) is 11.1 Å². The lowest BCUT2D eigenvalue weighted by Crippen LogP contribution is -2.29. The second kappa shape index (κ2) is 6.83. The minimum absolute atomic E-state index is 0.338. The molecule has 1 aromatic heterocycles. The van der Waals surface area contributed by atoms with Crippen molar-refractivity contribution in [1.82, 2.24) is 0 Å². The quantitative estimate of drug-likeness (QED) is 0.516. The van der Waals surface area contributed by atoms with Gasteiger partial charge >= 0.3 is 5.97 Å². The molecule has 0 atom stereocenters. The highest BCUT2D eigenvalue weighted by Crippen LogP contribution is 2.22. The van der Waals surface area contributed by atoms with Crippen molar-refractivity contribution in [2.24, 2.45) is 0 Å². The van der Waals surface area contributed by atoms with Crippen LogP contribution in [0, 0.1) is 18.8 Å². The standard InChI is InChI=1S/C16H12ClNO4/c1-11-6-7-18(21)9-13(11)3-2-12-8-14(17)4-5-15(12)22-10-16(19)20/h4-9H,10H2,1H3,(H-,19,20,21)/p+1. The lowest BCUT2D eigenvalue weighted by Gasteiger charge is -2.06. The van der Waals surface area contributed by atoms with Gasteiger partial charge in [-0.3, -0.25) is 5.21 Å². The molecule has 0 saturated heterocycles. The van der Waals surface area contributed by atoms with Gasteiger partial charge in [0.1, 0.15) is 5.75 Å². The summed E-state index contributed by atoms with van der Waals surface area (Å²) in [6, 6.07) is 6.49. The van der Waals surface area contributed by atoms with Gasteiger partial charge in [0.15, 0.2) is 6.61 Å². The van der Waals surface area contributed by atoms with Crippen LogP contribution in [-0.4, -0.2) is 22.9 Å². The zero-order valence-corrected chi connectivity index (χ0v) is 12.5. The Hall–Kier alpha value is -2.71. The molecule has 0 aliphatic carbocycles. The largest absolute Gasteiger partial charge is 0.481 e. The molecule has 0 saturated carbocycles. The Morgan fingerprint density at radius 3 is 2.77 bits per heavy atom. The number of benzene rings is 1. The Morgan fingerprint density at radius 2 is 2.05 bits per heavy atom. The van der Waals surface area contributed by atoms with Crippen LogP contribution in [0.2, 0.25) is 5.02 Å². The topological polar surface area (TPSA) is 70.6 Å². The van der Waals surface area contributed by atoms with E-state index in [4.69, 9.17) is 21.4 Å². The van der Waals surface area contributed by atoms with Gasteiger partial charge in [0.2, 0.25) is 12.4 Å². The Bertz CT molecular complexity index is 777. The molecule has 0 unspecified atom stereocenters. The molecular formula is C16H13ClNO4+. The number of carbonyl (C=O) groups is 1. The molecule has 6 heteroatoms. The van der Waals surface area contributed by atoms with Crippen LogP contribution in [0.4, 0.5) is 0 Å². The molecule has 2 aromatic rings. The minimum atomic E-state index is -1.07. The van der Waals surface area contributed by atoms with Gasteiger partial charge in [-0.05, 0) is 30.7 Å². The van der Waals surface area contributed by atoms with E-state index in [1.54, 1.807) is 24.3 Å². The summed E-state index contributed by atoms with van der Waals surface area (Å²) in [5, 5.41) is 18.6. The number of carboxylic acid groups (broad SMARTS) is 1. The Kier molecular flexibility index (Phi) is 4.87. The fourth-order valence-corrected chi connectivity index (χ4v) is 1.86. The Labute approximate surface area is 132 Å². The normalized spacial score (nSPS) is 9.73. The van der Waals surface area contributed by atoms with Crippen LogP contribution in [0.15, 0.2) is 36.7 Å². The molecule has 0 bridgehead atoms. The first-order valence-corrected chi connectivity index (χ1v) is 6.71. The van der Waals surface area contributed by atoms with Crippen molar-refractivity contribution in [3.63, 3.8) is 0 Å². The average molecular weight is 319 g/mol. The maximum Gasteiger partial charge on any atom is 0.341 e. The van der Waals surface area contributed by atoms with Gasteiger partial charge in [-0.2, -0.15) is 0 Å². The SMILES string of the molecule is Cc1cc[n+](O)cc1C#Cc1cc(Cl)ccc1OCC(=O)O. The third-order valence-corrected chi connectivity index (χ3v) is 3.02. The number of nitrogens with zero attached hydrogens (tertiary/aromatic N) is 1.